The maximum Gasteiger partial charge on any atom is 0.124 e. The van der Waals surface area contributed by atoms with Gasteiger partial charge in [-0.25, -0.2) is 4.39 Å². The van der Waals surface area contributed by atoms with E-state index >= 15 is 0 Å². The van der Waals surface area contributed by atoms with E-state index < -0.39 is 5.82 Å². The molecular formula is C18H19FN2O. The summed E-state index contributed by atoms with van der Waals surface area (Å²) in [6.07, 6.45) is 0.212. The quantitative estimate of drug-likeness (QED) is 0.867. The van der Waals surface area contributed by atoms with Crippen molar-refractivity contribution in [2.45, 2.75) is 33.1 Å². The largest absolute Gasteiger partial charge is 0.380 e. The minimum Gasteiger partial charge on any atom is -0.380 e. The fraction of sp³-hybridized carbons (Fsp3) is 0.278. The van der Waals surface area contributed by atoms with Crippen LogP contribution < -0.4 is 5.32 Å². The van der Waals surface area contributed by atoms with Gasteiger partial charge in [0.2, 0.25) is 0 Å². The zero-order valence-electron chi connectivity index (χ0n) is 12.8. The standard InChI is InChI=1S/C18H19FN2O/c1-13(2)22-12-15-5-3-14(4-6-15)11-21-18-8-7-17(19)9-16(18)10-20/h3-9,13,21H,11-12H2,1-2H3. The Kier molecular flexibility index (Phi) is 5.51. The van der Waals surface area contributed by atoms with Crippen LogP contribution in [0.3, 0.4) is 0 Å². The predicted molar refractivity (Wildman–Crippen MR) is 84.8 cm³/mol. The average molecular weight is 298 g/mol. The molecule has 0 amide bonds. The lowest BCUT2D eigenvalue weighted by atomic mass is 10.1. The van der Waals surface area contributed by atoms with Crippen molar-refractivity contribution in [2.24, 2.45) is 0 Å². The molecule has 0 aromatic heterocycles. The molecule has 2 rings (SSSR count). The van der Waals surface area contributed by atoms with Crippen molar-refractivity contribution in [3.8, 4) is 6.07 Å². The van der Waals surface area contributed by atoms with Crippen LogP contribution in [0.1, 0.15) is 30.5 Å². The van der Waals surface area contributed by atoms with Crippen LogP contribution in [0.4, 0.5) is 10.1 Å². The van der Waals surface area contributed by atoms with E-state index in [9.17, 15) is 4.39 Å². The van der Waals surface area contributed by atoms with Crippen LogP contribution in [0, 0.1) is 17.1 Å². The van der Waals surface area contributed by atoms with E-state index in [1.807, 2.05) is 44.2 Å². The number of nitriles is 1. The molecule has 0 aliphatic heterocycles. The lowest BCUT2D eigenvalue weighted by Crippen LogP contribution is -2.03. The van der Waals surface area contributed by atoms with Gasteiger partial charge in [0.05, 0.1) is 24.0 Å². The molecule has 0 aliphatic rings. The summed E-state index contributed by atoms with van der Waals surface area (Å²) in [5, 5.41) is 12.2. The van der Waals surface area contributed by atoms with Gasteiger partial charge in [0, 0.05) is 6.54 Å². The second kappa shape index (κ2) is 7.58. The third kappa shape index (κ3) is 4.57. The van der Waals surface area contributed by atoms with Gasteiger partial charge in [-0.15, -0.1) is 0 Å². The lowest BCUT2D eigenvalue weighted by molar-refractivity contribution is 0.0657. The molecule has 0 saturated carbocycles. The van der Waals surface area contributed by atoms with Gasteiger partial charge in [0.15, 0.2) is 0 Å². The zero-order valence-corrected chi connectivity index (χ0v) is 12.8. The fourth-order valence-corrected chi connectivity index (χ4v) is 1.98. The SMILES string of the molecule is CC(C)OCc1ccc(CNc2ccc(F)cc2C#N)cc1. The Bertz CT molecular complexity index is 660. The van der Waals surface area contributed by atoms with Crippen LogP contribution in [0.2, 0.25) is 0 Å². The summed E-state index contributed by atoms with van der Waals surface area (Å²) in [5.41, 5.74) is 3.15. The van der Waals surface area contributed by atoms with E-state index in [1.54, 1.807) is 6.07 Å². The van der Waals surface area contributed by atoms with E-state index in [0.29, 0.717) is 24.4 Å². The van der Waals surface area contributed by atoms with Gasteiger partial charge < -0.3 is 10.1 Å². The van der Waals surface area contributed by atoms with Gasteiger partial charge >= 0.3 is 0 Å². The molecule has 0 saturated heterocycles. The first-order chi connectivity index (χ1) is 10.6. The molecular weight excluding hydrogens is 279 g/mol. The van der Waals surface area contributed by atoms with Crippen LogP contribution in [0.25, 0.3) is 0 Å². The van der Waals surface area contributed by atoms with Crippen LogP contribution >= 0.6 is 0 Å². The maximum atomic E-state index is 13.1. The number of anilines is 1. The molecule has 3 nitrogen and oxygen atoms in total. The summed E-state index contributed by atoms with van der Waals surface area (Å²) in [7, 11) is 0. The first kappa shape index (κ1) is 16.0. The third-order valence-electron chi connectivity index (χ3n) is 3.19. The highest BCUT2D eigenvalue weighted by Crippen LogP contribution is 2.17. The Morgan fingerprint density at radius 1 is 1.14 bits per heavy atom. The summed E-state index contributed by atoms with van der Waals surface area (Å²) in [5.74, 6) is -0.406. The van der Waals surface area contributed by atoms with Gasteiger partial charge in [-0.05, 0) is 43.2 Å². The number of nitrogens with one attached hydrogen (secondary N) is 1. The molecule has 0 unspecified atom stereocenters. The van der Waals surface area contributed by atoms with Crippen molar-refractivity contribution in [1.29, 1.82) is 5.26 Å². The van der Waals surface area contributed by atoms with E-state index in [-0.39, 0.29) is 6.10 Å². The molecule has 2 aromatic rings. The monoisotopic (exact) mass is 298 g/mol. The van der Waals surface area contributed by atoms with Crippen LogP contribution in [-0.4, -0.2) is 6.10 Å². The van der Waals surface area contributed by atoms with E-state index in [4.69, 9.17) is 10.00 Å². The van der Waals surface area contributed by atoms with Gasteiger partial charge in [-0.2, -0.15) is 5.26 Å². The molecule has 0 atom stereocenters. The first-order valence-corrected chi connectivity index (χ1v) is 7.21. The molecule has 0 heterocycles. The van der Waals surface area contributed by atoms with Crippen molar-refractivity contribution < 1.29 is 9.13 Å². The molecule has 0 fully saturated rings. The molecule has 0 spiro atoms. The highest BCUT2D eigenvalue weighted by Gasteiger charge is 2.03. The van der Waals surface area contributed by atoms with Crippen LogP contribution in [-0.2, 0) is 17.9 Å². The van der Waals surface area contributed by atoms with Crippen molar-refractivity contribution in [3.05, 3.63) is 65.0 Å². The summed E-state index contributed by atoms with van der Waals surface area (Å²) >= 11 is 0. The molecule has 0 bridgehead atoms. The summed E-state index contributed by atoms with van der Waals surface area (Å²) in [6, 6.07) is 14.2. The predicted octanol–water partition coefficient (Wildman–Crippen LogP) is 4.23. The highest BCUT2D eigenvalue weighted by molar-refractivity contribution is 5.57. The minimum absolute atomic E-state index is 0.212. The Morgan fingerprint density at radius 2 is 1.82 bits per heavy atom. The van der Waals surface area contributed by atoms with Gasteiger partial charge in [-0.3, -0.25) is 0 Å². The Labute approximate surface area is 130 Å². The molecule has 114 valence electrons. The van der Waals surface area contributed by atoms with E-state index in [0.717, 1.165) is 11.1 Å². The number of nitrogens with zero attached hydrogens (tertiary/aromatic N) is 1. The Balaban J connectivity index is 1.96. The van der Waals surface area contributed by atoms with Crippen molar-refractivity contribution in [1.82, 2.24) is 0 Å². The number of halogens is 1. The van der Waals surface area contributed by atoms with Gasteiger partial charge in [-0.1, -0.05) is 24.3 Å². The Morgan fingerprint density at radius 3 is 2.45 bits per heavy atom. The van der Waals surface area contributed by atoms with Crippen LogP contribution in [0.15, 0.2) is 42.5 Å². The molecule has 2 aromatic carbocycles. The van der Waals surface area contributed by atoms with E-state index in [1.165, 1.54) is 12.1 Å². The maximum absolute atomic E-state index is 13.1. The van der Waals surface area contributed by atoms with Crippen LogP contribution in [0.5, 0.6) is 0 Å². The van der Waals surface area contributed by atoms with E-state index in [2.05, 4.69) is 5.32 Å². The van der Waals surface area contributed by atoms with Gasteiger partial charge in [0.1, 0.15) is 11.9 Å². The van der Waals surface area contributed by atoms with Crippen molar-refractivity contribution in [3.63, 3.8) is 0 Å². The zero-order chi connectivity index (χ0) is 15.9. The summed E-state index contributed by atoms with van der Waals surface area (Å²) < 4.78 is 18.6. The second-order valence-corrected chi connectivity index (χ2v) is 5.33. The third-order valence-corrected chi connectivity index (χ3v) is 3.19. The summed E-state index contributed by atoms with van der Waals surface area (Å²) in [4.78, 5) is 0. The molecule has 0 aliphatic carbocycles. The fourth-order valence-electron chi connectivity index (χ4n) is 1.98. The van der Waals surface area contributed by atoms with Crippen molar-refractivity contribution in [2.75, 3.05) is 5.32 Å². The number of benzene rings is 2. The van der Waals surface area contributed by atoms with Gasteiger partial charge in [0.25, 0.3) is 0 Å². The summed E-state index contributed by atoms with van der Waals surface area (Å²) in [6.45, 7) is 5.19. The molecule has 1 N–H and O–H groups in total. The minimum atomic E-state index is -0.406. The highest BCUT2D eigenvalue weighted by atomic mass is 19.1. The van der Waals surface area contributed by atoms with Crippen molar-refractivity contribution >= 4 is 5.69 Å². The average Bonchev–Trinajstić information content (AvgIpc) is 2.52. The molecule has 22 heavy (non-hydrogen) atoms. The number of hydrogen-bond donors (Lipinski definition) is 1. The number of hydrogen-bond acceptors (Lipinski definition) is 3. The molecule has 4 heteroatoms. The normalized spacial score (nSPS) is 10.5. The smallest absolute Gasteiger partial charge is 0.124 e. The first-order valence-electron chi connectivity index (χ1n) is 7.21. The topological polar surface area (TPSA) is 45.0 Å². The number of rotatable bonds is 6. The lowest BCUT2D eigenvalue weighted by Gasteiger charge is -2.10. The second-order valence-electron chi connectivity index (χ2n) is 5.33. The Hall–Kier alpha value is -2.38. The number of ether oxygens (including phenoxy) is 1. The molecule has 0 radical (unpaired) electrons.